The van der Waals surface area contributed by atoms with E-state index in [1.165, 1.54) is 51.4 Å². The van der Waals surface area contributed by atoms with Crippen LogP contribution < -0.4 is 0 Å². The Balaban J connectivity index is 3.47. The lowest BCUT2D eigenvalue weighted by atomic mass is 9.86. The zero-order valence-electron chi connectivity index (χ0n) is 15.8. The number of esters is 1. The van der Waals surface area contributed by atoms with Gasteiger partial charge in [0, 0.05) is 6.42 Å². The minimum absolute atomic E-state index is 0.0223. The smallest absolute Gasteiger partial charge is 0.306 e. The second kappa shape index (κ2) is 14.1. The number of rotatable bonds is 14. The highest BCUT2D eigenvalue weighted by molar-refractivity contribution is 5.69. The van der Waals surface area contributed by atoms with Gasteiger partial charge in [-0.1, -0.05) is 78.6 Å². The summed E-state index contributed by atoms with van der Waals surface area (Å²) in [4.78, 5) is 11.4. The van der Waals surface area contributed by atoms with E-state index in [-0.39, 0.29) is 12.1 Å². The van der Waals surface area contributed by atoms with Crippen LogP contribution >= 0.6 is 0 Å². The highest BCUT2D eigenvalue weighted by Gasteiger charge is 2.12. The molecule has 1 unspecified atom stereocenters. The van der Waals surface area contributed by atoms with Crippen LogP contribution in [0, 0.1) is 11.8 Å². The summed E-state index contributed by atoms with van der Waals surface area (Å²) in [6, 6.07) is 0. The van der Waals surface area contributed by atoms with E-state index >= 15 is 0 Å². The van der Waals surface area contributed by atoms with Crippen LogP contribution in [0.4, 0.5) is 0 Å². The van der Waals surface area contributed by atoms with Crippen LogP contribution in [0.25, 0.3) is 0 Å². The van der Waals surface area contributed by atoms with Gasteiger partial charge in [-0.2, -0.15) is 0 Å². The van der Waals surface area contributed by atoms with Gasteiger partial charge >= 0.3 is 5.97 Å². The lowest BCUT2D eigenvalue weighted by molar-refractivity contribution is -0.147. The van der Waals surface area contributed by atoms with Crippen molar-refractivity contribution in [1.82, 2.24) is 0 Å². The van der Waals surface area contributed by atoms with Crippen molar-refractivity contribution < 1.29 is 9.53 Å². The number of hydrogen-bond acceptors (Lipinski definition) is 2. The summed E-state index contributed by atoms with van der Waals surface area (Å²) in [6.45, 7) is 10.8. The SMILES string of the molecule is CCCCC(CCCCCCCCC(=O)OC(C)C)C(C)C. The van der Waals surface area contributed by atoms with Gasteiger partial charge in [0.05, 0.1) is 6.10 Å². The Morgan fingerprint density at radius 1 is 0.818 bits per heavy atom. The van der Waals surface area contributed by atoms with Crippen molar-refractivity contribution in [2.45, 2.75) is 111 Å². The Kier molecular flexibility index (Phi) is 13.7. The molecule has 0 amide bonds. The quantitative estimate of drug-likeness (QED) is 0.269. The van der Waals surface area contributed by atoms with Gasteiger partial charge < -0.3 is 4.74 Å². The normalized spacial score (nSPS) is 12.9. The molecular formula is C20H40O2. The van der Waals surface area contributed by atoms with Crippen LogP contribution in [0.15, 0.2) is 0 Å². The average Bonchev–Trinajstić information content (AvgIpc) is 2.43. The Hall–Kier alpha value is -0.530. The van der Waals surface area contributed by atoms with E-state index in [0.29, 0.717) is 6.42 Å². The molecule has 0 saturated heterocycles. The molecule has 0 aliphatic rings. The van der Waals surface area contributed by atoms with Crippen LogP contribution in [-0.2, 0) is 9.53 Å². The van der Waals surface area contributed by atoms with E-state index in [1.807, 2.05) is 13.8 Å². The first kappa shape index (κ1) is 21.5. The van der Waals surface area contributed by atoms with Gasteiger partial charge in [0.25, 0.3) is 0 Å². The standard InChI is InChI=1S/C20H40O2/c1-6-7-14-19(17(2)3)15-12-10-8-9-11-13-16-20(21)22-18(4)5/h17-19H,6-16H2,1-5H3. The van der Waals surface area contributed by atoms with Gasteiger partial charge in [-0.05, 0) is 32.1 Å². The van der Waals surface area contributed by atoms with E-state index < -0.39 is 0 Å². The molecular weight excluding hydrogens is 272 g/mol. The number of hydrogen-bond donors (Lipinski definition) is 0. The van der Waals surface area contributed by atoms with Crippen LogP contribution in [0.2, 0.25) is 0 Å². The predicted molar refractivity (Wildman–Crippen MR) is 96.0 cm³/mol. The molecule has 1 atom stereocenters. The molecule has 0 spiro atoms. The molecule has 132 valence electrons. The lowest BCUT2D eigenvalue weighted by Gasteiger charge is -2.20. The van der Waals surface area contributed by atoms with Gasteiger partial charge in [0.2, 0.25) is 0 Å². The van der Waals surface area contributed by atoms with E-state index in [0.717, 1.165) is 24.7 Å². The highest BCUT2D eigenvalue weighted by atomic mass is 16.5. The van der Waals surface area contributed by atoms with Crippen molar-refractivity contribution in [2.75, 3.05) is 0 Å². The molecule has 0 rings (SSSR count). The van der Waals surface area contributed by atoms with Crippen molar-refractivity contribution in [3.05, 3.63) is 0 Å². The first-order valence-electron chi connectivity index (χ1n) is 9.66. The first-order valence-corrected chi connectivity index (χ1v) is 9.66. The van der Waals surface area contributed by atoms with E-state index in [1.54, 1.807) is 0 Å². The van der Waals surface area contributed by atoms with E-state index in [4.69, 9.17) is 4.74 Å². The third-order valence-corrected chi connectivity index (χ3v) is 4.44. The maximum atomic E-state index is 11.4. The molecule has 0 aromatic heterocycles. The van der Waals surface area contributed by atoms with Gasteiger partial charge in [-0.25, -0.2) is 0 Å². The van der Waals surface area contributed by atoms with Gasteiger partial charge in [-0.3, -0.25) is 4.79 Å². The Morgan fingerprint density at radius 3 is 1.91 bits per heavy atom. The molecule has 0 aliphatic heterocycles. The molecule has 22 heavy (non-hydrogen) atoms. The van der Waals surface area contributed by atoms with Crippen LogP contribution in [0.5, 0.6) is 0 Å². The first-order chi connectivity index (χ1) is 10.5. The summed E-state index contributed by atoms with van der Waals surface area (Å²) in [7, 11) is 0. The monoisotopic (exact) mass is 312 g/mol. The Labute approximate surface area is 139 Å². The summed E-state index contributed by atoms with van der Waals surface area (Å²) in [6.07, 6.45) is 13.6. The molecule has 0 aromatic carbocycles. The van der Waals surface area contributed by atoms with Gasteiger partial charge in [-0.15, -0.1) is 0 Å². The van der Waals surface area contributed by atoms with Crippen molar-refractivity contribution in [3.8, 4) is 0 Å². The fourth-order valence-electron chi connectivity index (χ4n) is 2.98. The van der Waals surface area contributed by atoms with E-state index in [9.17, 15) is 4.79 Å². The van der Waals surface area contributed by atoms with Crippen molar-refractivity contribution in [2.24, 2.45) is 11.8 Å². The molecule has 0 aliphatic carbocycles. The number of carbonyl (C=O) groups is 1. The number of ether oxygens (including phenoxy) is 1. The third-order valence-electron chi connectivity index (χ3n) is 4.44. The average molecular weight is 313 g/mol. The Bertz CT molecular complexity index is 258. The van der Waals surface area contributed by atoms with Gasteiger partial charge in [0.15, 0.2) is 0 Å². The topological polar surface area (TPSA) is 26.3 Å². The second-order valence-corrected chi connectivity index (χ2v) is 7.34. The number of unbranched alkanes of at least 4 members (excludes halogenated alkanes) is 6. The summed E-state index contributed by atoms with van der Waals surface area (Å²) >= 11 is 0. The molecule has 0 aromatic rings. The molecule has 2 heteroatoms. The Morgan fingerprint density at radius 2 is 1.36 bits per heavy atom. The maximum absolute atomic E-state index is 11.4. The van der Waals surface area contributed by atoms with Crippen LogP contribution in [-0.4, -0.2) is 12.1 Å². The lowest BCUT2D eigenvalue weighted by Crippen LogP contribution is -2.10. The predicted octanol–water partition coefficient (Wildman–Crippen LogP) is 6.52. The molecule has 0 saturated carbocycles. The van der Waals surface area contributed by atoms with Crippen molar-refractivity contribution in [3.63, 3.8) is 0 Å². The highest BCUT2D eigenvalue weighted by Crippen LogP contribution is 2.24. The number of carbonyl (C=O) groups excluding carboxylic acids is 1. The summed E-state index contributed by atoms with van der Waals surface area (Å²) in [5.41, 5.74) is 0. The third kappa shape index (κ3) is 13.2. The van der Waals surface area contributed by atoms with E-state index in [2.05, 4.69) is 20.8 Å². The summed E-state index contributed by atoms with van der Waals surface area (Å²) in [5.74, 6) is 1.72. The molecule has 0 N–H and O–H groups in total. The fourth-order valence-corrected chi connectivity index (χ4v) is 2.98. The minimum atomic E-state index is -0.0364. The summed E-state index contributed by atoms with van der Waals surface area (Å²) in [5, 5.41) is 0. The zero-order valence-corrected chi connectivity index (χ0v) is 15.8. The summed E-state index contributed by atoms with van der Waals surface area (Å²) < 4.78 is 5.14. The van der Waals surface area contributed by atoms with Gasteiger partial charge in [0.1, 0.15) is 0 Å². The van der Waals surface area contributed by atoms with Crippen molar-refractivity contribution in [1.29, 1.82) is 0 Å². The van der Waals surface area contributed by atoms with Crippen molar-refractivity contribution >= 4 is 5.97 Å². The fraction of sp³-hybridized carbons (Fsp3) is 0.950. The minimum Gasteiger partial charge on any atom is -0.463 e. The largest absolute Gasteiger partial charge is 0.463 e. The molecule has 0 bridgehead atoms. The molecule has 2 nitrogen and oxygen atoms in total. The molecule has 0 heterocycles. The maximum Gasteiger partial charge on any atom is 0.306 e. The van der Waals surface area contributed by atoms with Crippen LogP contribution in [0.3, 0.4) is 0 Å². The van der Waals surface area contributed by atoms with Crippen LogP contribution in [0.1, 0.15) is 105 Å². The second-order valence-electron chi connectivity index (χ2n) is 7.34. The zero-order chi connectivity index (χ0) is 16.8. The molecule has 0 radical (unpaired) electrons. The molecule has 0 fully saturated rings.